The van der Waals surface area contributed by atoms with Crippen LogP contribution in [0.4, 0.5) is 0 Å². The summed E-state index contributed by atoms with van der Waals surface area (Å²) in [7, 11) is -0.477. The summed E-state index contributed by atoms with van der Waals surface area (Å²) in [4.78, 5) is 15.6. The zero-order valence-electron chi connectivity index (χ0n) is 9.87. The second-order valence-corrected chi connectivity index (χ2v) is 5.38. The first-order valence-electron chi connectivity index (χ1n) is 4.80. The fraction of sp³-hybridized carbons (Fsp3) is 0.400. The van der Waals surface area contributed by atoms with Crippen molar-refractivity contribution in [2.45, 2.75) is 0 Å². The lowest BCUT2D eigenvalue weighted by Crippen LogP contribution is -2.10. The van der Waals surface area contributed by atoms with Crippen molar-refractivity contribution in [2.24, 2.45) is 0 Å². The van der Waals surface area contributed by atoms with Crippen molar-refractivity contribution >= 4 is 13.4 Å². The third-order valence-electron chi connectivity index (χ3n) is 2.03. The zero-order chi connectivity index (χ0) is 12.9. The fourth-order valence-electron chi connectivity index (χ4n) is 1.07. The van der Waals surface area contributed by atoms with Gasteiger partial charge in [-0.05, 0) is 12.1 Å². The number of carbonyl (C=O) groups is 1. The lowest BCUT2D eigenvalue weighted by Gasteiger charge is -2.11. The second kappa shape index (κ2) is 5.91. The predicted octanol–water partition coefficient (Wildman–Crippen LogP) is 1.76. The van der Waals surface area contributed by atoms with Crippen molar-refractivity contribution in [3.8, 4) is 5.88 Å². The number of ether oxygens (including phenoxy) is 1. The topological polar surface area (TPSA) is 74.7 Å². The normalized spacial score (nSPS) is 14.1. The van der Waals surface area contributed by atoms with Gasteiger partial charge in [0.25, 0.3) is 0 Å². The molecule has 0 saturated heterocycles. The van der Waals surface area contributed by atoms with E-state index in [1.807, 2.05) is 0 Å². The average Bonchev–Trinajstić information content (AvgIpc) is 2.36. The first-order chi connectivity index (χ1) is 8.00. The number of Topliss-reactive ketones (excluding diaryl/α,β-unsaturated/α-hetero) is 1. The Morgan fingerprint density at radius 2 is 2.18 bits per heavy atom. The second-order valence-electron chi connectivity index (χ2n) is 3.21. The first-order valence-corrected chi connectivity index (χ1v) is 6.79. The Kier molecular flexibility index (Phi) is 4.81. The lowest BCUT2D eigenvalue weighted by atomic mass is 10.2. The van der Waals surface area contributed by atoms with Gasteiger partial charge in [-0.15, -0.1) is 0 Å². The molecule has 1 unspecified atom stereocenters. The van der Waals surface area contributed by atoms with Crippen LogP contribution in [0, 0.1) is 0 Å². The monoisotopic (exact) mass is 259 g/mol. The van der Waals surface area contributed by atoms with Crippen LogP contribution in [0.5, 0.6) is 5.88 Å². The number of methoxy groups -OCH3 is 1. The maximum atomic E-state index is 11.8. The quantitative estimate of drug-likeness (QED) is 0.572. The molecule has 0 spiro atoms. The summed E-state index contributed by atoms with van der Waals surface area (Å²) in [6.45, 7) is 0.949. The van der Waals surface area contributed by atoms with Crippen LogP contribution < -0.4 is 4.74 Å². The van der Waals surface area contributed by atoms with Crippen LogP contribution in [0.15, 0.2) is 18.3 Å². The number of ketones is 1. The highest BCUT2D eigenvalue weighted by atomic mass is 31.2. The van der Waals surface area contributed by atoms with Crippen molar-refractivity contribution in [1.29, 1.82) is 0 Å². The number of hydrogen-bond donors (Lipinski definition) is 0. The molecule has 1 aromatic rings. The maximum Gasteiger partial charge on any atom is 0.327 e. The number of hydrogen-bond acceptors (Lipinski definition) is 6. The van der Waals surface area contributed by atoms with E-state index in [1.54, 1.807) is 12.1 Å². The minimum absolute atomic E-state index is 0.212. The van der Waals surface area contributed by atoms with E-state index in [2.05, 4.69) is 9.51 Å². The predicted molar refractivity (Wildman–Crippen MR) is 61.6 cm³/mol. The van der Waals surface area contributed by atoms with E-state index in [-0.39, 0.29) is 23.8 Å². The summed E-state index contributed by atoms with van der Waals surface area (Å²) < 4.78 is 25.9. The Bertz CT molecular complexity index is 448. The SMILES string of the molecule is COc1ncccc1C(=O)COP(C)(=O)OC. The molecule has 0 bridgehead atoms. The van der Waals surface area contributed by atoms with Crippen LogP contribution in [0.3, 0.4) is 0 Å². The molecule has 1 heterocycles. The van der Waals surface area contributed by atoms with Gasteiger partial charge in [-0.2, -0.15) is 0 Å². The highest BCUT2D eigenvalue weighted by molar-refractivity contribution is 7.52. The molecule has 0 amide bonds. The first kappa shape index (κ1) is 13.8. The van der Waals surface area contributed by atoms with Gasteiger partial charge in [0.2, 0.25) is 5.88 Å². The van der Waals surface area contributed by atoms with Crippen LogP contribution in [-0.2, 0) is 13.6 Å². The van der Waals surface area contributed by atoms with Gasteiger partial charge >= 0.3 is 7.60 Å². The van der Waals surface area contributed by atoms with Crippen molar-refractivity contribution in [3.05, 3.63) is 23.9 Å². The molecular formula is C10H14NO5P. The number of rotatable bonds is 6. The summed E-state index contributed by atoms with van der Waals surface area (Å²) in [5.74, 6) is -0.154. The highest BCUT2D eigenvalue weighted by Crippen LogP contribution is 2.42. The fourth-order valence-corrected chi connectivity index (χ4v) is 1.53. The molecular weight excluding hydrogens is 245 g/mol. The molecule has 0 N–H and O–H groups in total. The molecule has 6 nitrogen and oxygen atoms in total. The molecule has 0 saturated carbocycles. The van der Waals surface area contributed by atoms with Crippen molar-refractivity contribution < 1.29 is 23.1 Å². The number of pyridine rings is 1. The van der Waals surface area contributed by atoms with Crippen molar-refractivity contribution in [1.82, 2.24) is 4.98 Å². The van der Waals surface area contributed by atoms with Crippen LogP contribution in [-0.4, -0.2) is 38.3 Å². The summed E-state index contributed by atoms with van der Waals surface area (Å²) in [6, 6.07) is 3.17. The molecule has 17 heavy (non-hydrogen) atoms. The Balaban J connectivity index is 2.74. The Morgan fingerprint density at radius 3 is 2.76 bits per heavy atom. The van der Waals surface area contributed by atoms with E-state index < -0.39 is 7.60 Å². The molecule has 1 rings (SSSR count). The van der Waals surface area contributed by atoms with Crippen molar-refractivity contribution in [3.63, 3.8) is 0 Å². The molecule has 0 fully saturated rings. The van der Waals surface area contributed by atoms with E-state index in [1.165, 1.54) is 27.1 Å². The number of nitrogens with zero attached hydrogens (tertiary/aromatic N) is 1. The van der Waals surface area contributed by atoms with Crippen molar-refractivity contribution in [2.75, 3.05) is 27.5 Å². The Morgan fingerprint density at radius 1 is 1.47 bits per heavy atom. The van der Waals surface area contributed by atoms with Gasteiger partial charge in [0.05, 0.1) is 12.7 Å². The summed E-state index contributed by atoms with van der Waals surface area (Å²) in [6.07, 6.45) is 1.51. The smallest absolute Gasteiger partial charge is 0.327 e. The van der Waals surface area contributed by atoms with Gasteiger partial charge in [0, 0.05) is 20.0 Å². The molecule has 7 heteroatoms. The van der Waals surface area contributed by atoms with Crippen LogP contribution >= 0.6 is 7.60 Å². The summed E-state index contributed by atoms with van der Waals surface area (Å²) >= 11 is 0. The molecule has 0 aliphatic rings. The molecule has 1 atom stereocenters. The van der Waals surface area contributed by atoms with E-state index in [9.17, 15) is 9.36 Å². The molecule has 0 radical (unpaired) electrons. The van der Waals surface area contributed by atoms with Gasteiger partial charge in [-0.1, -0.05) is 0 Å². The van der Waals surface area contributed by atoms with Crippen LogP contribution in [0.1, 0.15) is 10.4 Å². The third kappa shape index (κ3) is 3.93. The van der Waals surface area contributed by atoms with E-state index in [4.69, 9.17) is 9.26 Å². The van der Waals surface area contributed by atoms with Crippen LogP contribution in [0.25, 0.3) is 0 Å². The molecule has 0 aliphatic carbocycles. The lowest BCUT2D eigenvalue weighted by molar-refractivity contribution is 0.0903. The largest absolute Gasteiger partial charge is 0.480 e. The molecule has 1 aromatic heterocycles. The summed E-state index contributed by atoms with van der Waals surface area (Å²) in [5, 5.41) is 0. The Labute approximate surface area is 99.4 Å². The standard InChI is InChI=1S/C10H14NO5P/c1-14-10-8(5-4-6-11-10)9(12)7-16-17(3,13)15-2/h4-6H,7H2,1-3H3. The minimum atomic E-state index is -3.15. The van der Waals surface area contributed by atoms with Gasteiger partial charge in [0.1, 0.15) is 6.61 Å². The van der Waals surface area contributed by atoms with E-state index in [0.29, 0.717) is 0 Å². The van der Waals surface area contributed by atoms with Crippen LogP contribution in [0.2, 0.25) is 0 Å². The maximum absolute atomic E-state index is 11.8. The molecule has 94 valence electrons. The van der Waals surface area contributed by atoms with Gasteiger partial charge in [-0.3, -0.25) is 9.36 Å². The highest BCUT2D eigenvalue weighted by Gasteiger charge is 2.19. The third-order valence-corrected chi connectivity index (χ3v) is 3.29. The number of carbonyl (C=O) groups excluding carboxylic acids is 1. The Hall–Kier alpha value is -1.23. The zero-order valence-corrected chi connectivity index (χ0v) is 10.8. The van der Waals surface area contributed by atoms with Gasteiger partial charge in [-0.25, -0.2) is 4.98 Å². The molecule has 0 aromatic carbocycles. The minimum Gasteiger partial charge on any atom is -0.480 e. The number of aromatic nitrogens is 1. The van der Waals surface area contributed by atoms with Gasteiger partial charge in [0.15, 0.2) is 5.78 Å². The van der Waals surface area contributed by atoms with Gasteiger partial charge < -0.3 is 13.8 Å². The van der Waals surface area contributed by atoms with E-state index >= 15 is 0 Å². The molecule has 0 aliphatic heterocycles. The summed E-state index contributed by atoms with van der Waals surface area (Å²) in [5.41, 5.74) is 0.283. The van der Waals surface area contributed by atoms with E-state index in [0.717, 1.165) is 0 Å². The average molecular weight is 259 g/mol.